The molecular formula is C19H31N3O2. The summed E-state index contributed by atoms with van der Waals surface area (Å²) < 4.78 is 0. The molecule has 1 aliphatic heterocycles. The van der Waals surface area contributed by atoms with Crippen molar-refractivity contribution in [2.24, 2.45) is 11.7 Å². The molecule has 1 aliphatic rings. The molecule has 0 spiro atoms. The molecule has 1 saturated heterocycles. The number of aliphatic hydroxyl groups excluding tert-OH is 1. The van der Waals surface area contributed by atoms with Crippen molar-refractivity contribution in [1.82, 2.24) is 10.2 Å². The molecule has 5 heteroatoms. The third-order valence-corrected chi connectivity index (χ3v) is 4.92. The number of piperidine rings is 1. The number of rotatable bonds is 7. The van der Waals surface area contributed by atoms with E-state index in [0.717, 1.165) is 31.5 Å². The molecule has 1 aromatic carbocycles. The van der Waals surface area contributed by atoms with Gasteiger partial charge in [-0.1, -0.05) is 37.3 Å². The van der Waals surface area contributed by atoms with E-state index >= 15 is 0 Å². The summed E-state index contributed by atoms with van der Waals surface area (Å²) in [5.41, 5.74) is 7.21. The quantitative estimate of drug-likeness (QED) is 0.699. The Morgan fingerprint density at radius 3 is 2.58 bits per heavy atom. The minimum Gasteiger partial charge on any atom is -0.391 e. The molecule has 4 N–H and O–H groups in total. The summed E-state index contributed by atoms with van der Waals surface area (Å²) in [4.78, 5) is 14.6. The minimum atomic E-state index is -0.677. The Kier molecular flexibility index (Phi) is 7.21. The molecule has 0 unspecified atom stereocenters. The SMILES string of the molecule is C[C@H](C[C@H](O)[C@@H](N)Cc1ccccc1)C(=O)NC1CCN(C)CC1. The van der Waals surface area contributed by atoms with Crippen molar-refractivity contribution in [1.29, 1.82) is 0 Å². The van der Waals surface area contributed by atoms with Crippen LogP contribution in [0.3, 0.4) is 0 Å². The largest absolute Gasteiger partial charge is 0.391 e. The average molecular weight is 333 g/mol. The molecule has 3 atom stereocenters. The summed E-state index contributed by atoms with van der Waals surface area (Å²) in [6.45, 7) is 3.90. The highest BCUT2D eigenvalue weighted by atomic mass is 16.3. The van der Waals surface area contributed by atoms with E-state index in [1.165, 1.54) is 0 Å². The van der Waals surface area contributed by atoms with Gasteiger partial charge in [-0.05, 0) is 51.4 Å². The summed E-state index contributed by atoms with van der Waals surface area (Å²) >= 11 is 0. The number of nitrogens with two attached hydrogens (primary N) is 1. The van der Waals surface area contributed by atoms with E-state index in [0.29, 0.717) is 12.8 Å². The van der Waals surface area contributed by atoms with Crippen molar-refractivity contribution in [2.75, 3.05) is 20.1 Å². The second-order valence-electron chi connectivity index (χ2n) is 7.14. The van der Waals surface area contributed by atoms with Crippen LogP contribution in [0.25, 0.3) is 0 Å². The van der Waals surface area contributed by atoms with Gasteiger partial charge < -0.3 is 21.1 Å². The van der Waals surface area contributed by atoms with Crippen LogP contribution in [-0.4, -0.2) is 54.2 Å². The summed E-state index contributed by atoms with van der Waals surface area (Å²) in [6.07, 6.45) is 2.32. The molecule has 134 valence electrons. The summed E-state index contributed by atoms with van der Waals surface area (Å²) in [5.74, 6) is -0.211. The molecule has 0 radical (unpaired) electrons. The molecule has 1 amide bonds. The standard InChI is InChI=1S/C19H31N3O2/c1-14(19(24)21-16-8-10-22(2)11-9-16)12-18(23)17(20)13-15-6-4-3-5-7-15/h3-7,14,16-18,23H,8-13,20H2,1-2H3,(H,21,24)/t14-,17+,18+/m1/s1. The van der Waals surface area contributed by atoms with E-state index in [1.807, 2.05) is 37.3 Å². The number of hydrogen-bond donors (Lipinski definition) is 3. The number of amides is 1. The van der Waals surface area contributed by atoms with Crippen molar-refractivity contribution in [2.45, 2.75) is 50.8 Å². The molecule has 24 heavy (non-hydrogen) atoms. The second kappa shape index (κ2) is 9.16. The van der Waals surface area contributed by atoms with Crippen LogP contribution in [0.15, 0.2) is 30.3 Å². The van der Waals surface area contributed by atoms with E-state index in [9.17, 15) is 9.90 Å². The second-order valence-corrected chi connectivity index (χ2v) is 7.14. The fourth-order valence-electron chi connectivity index (χ4n) is 3.16. The van der Waals surface area contributed by atoms with E-state index < -0.39 is 6.10 Å². The zero-order valence-electron chi connectivity index (χ0n) is 14.8. The van der Waals surface area contributed by atoms with E-state index in [1.54, 1.807) is 0 Å². The molecule has 0 bridgehead atoms. The zero-order chi connectivity index (χ0) is 17.5. The van der Waals surface area contributed by atoms with Crippen LogP contribution in [0, 0.1) is 5.92 Å². The number of hydrogen-bond acceptors (Lipinski definition) is 4. The lowest BCUT2D eigenvalue weighted by Gasteiger charge is -2.30. The first-order chi connectivity index (χ1) is 11.5. The average Bonchev–Trinajstić information content (AvgIpc) is 2.57. The topological polar surface area (TPSA) is 78.6 Å². The highest BCUT2D eigenvalue weighted by Gasteiger charge is 2.25. The predicted molar refractivity (Wildman–Crippen MR) is 96.6 cm³/mol. The smallest absolute Gasteiger partial charge is 0.223 e. The number of benzene rings is 1. The van der Waals surface area contributed by atoms with E-state index in [-0.39, 0.29) is 23.9 Å². The van der Waals surface area contributed by atoms with Gasteiger partial charge in [0, 0.05) is 18.0 Å². The summed E-state index contributed by atoms with van der Waals surface area (Å²) in [5, 5.41) is 13.4. The van der Waals surface area contributed by atoms with Crippen molar-refractivity contribution >= 4 is 5.91 Å². The first kappa shape index (κ1) is 18.9. The van der Waals surface area contributed by atoms with Gasteiger partial charge in [-0.2, -0.15) is 0 Å². The van der Waals surface area contributed by atoms with Gasteiger partial charge in [0.05, 0.1) is 6.10 Å². The molecule has 2 rings (SSSR count). The lowest BCUT2D eigenvalue weighted by atomic mass is 9.94. The molecule has 1 aromatic rings. The Hall–Kier alpha value is -1.43. The molecule has 1 heterocycles. The van der Waals surface area contributed by atoms with Crippen LogP contribution < -0.4 is 11.1 Å². The fraction of sp³-hybridized carbons (Fsp3) is 0.632. The maximum Gasteiger partial charge on any atom is 0.223 e. The zero-order valence-corrected chi connectivity index (χ0v) is 14.8. The monoisotopic (exact) mass is 333 g/mol. The van der Waals surface area contributed by atoms with Gasteiger partial charge in [0.1, 0.15) is 0 Å². The van der Waals surface area contributed by atoms with Crippen molar-refractivity contribution in [3.63, 3.8) is 0 Å². The highest BCUT2D eigenvalue weighted by molar-refractivity contribution is 5.78. The van der Waals surface area contributed by atoms with Crippen molar-refractivity contribution < 1.29 is 9.90 Å². The van der Waals surface area contributed by atoms with E-state index in [2.05, 4.69) is 17.3 Å². The number of aliphatic hydroxyl groups is 1. The lowest BCUT2D eigenvalue weighted by molar-refractivity contribution is -0.126. The molecular weight excluding hydrogens is 302 g/mol. The maximum atomic E-state index is 12.3. The van der Waals surface area contributed by atoms with Gasteiger partial charge in [0.15, 0.2) is 0 Å². The van der Waals surface area contributed by atoms with Crippen LogP contribution in [0.2, 0.25) is 0 Å². The first-order valence-corrected chi connectivity index (χ1v) is 8.92. The lowest BCUT2D eigenvalue weighted by Crippen LogP contribution is -2.46. The predicted octanol–water partition coefficient (Wildman–Crippen LogP) is 1.15. The molecule has 0 aliphatic carbocycles. The molecule has 5 nitrogen and oxygen atoms in total. The van der Waals surface area contributed by atoms with Crippen LogP contribution in [0.1, 0.15) is 31.7 Å². The normalized spacial score (nSPS) is 20.3. The van der Waals surface area contributed by atoms with Gasteiger partial charge in [0.25, 0.3) is 0 Å². The summed E-state index contributed by atoms with van der Waals surface area (Å²) in [6, 6.07) is 9.79. The van der Waals surface area contributed by atoms with Gasteiger partial charge in [-0.3, -0.25) is 4.79 Å². The van der Waals surface area contributed by atoms with Gasteiger partial charge in [0.2, 0.25) is 5.91 Å². The maximum absolute atomic E-state index is 12.3. The van der Waals surface area contributed by atoms with Crippen LogP contribution in [0.5, 0.6) is 0 Å². The highest BCUT2D eigenvalue weighted by Crippen LogP contribution is 2.14. The first-order valence-electron chi connectivity index (χ1n) is 8.92. The Morgan fingerprint density at radius 2 is 1.96 bits per heavy atom. The number of carbonyl (C=O) groups excluding carboxylic acids is 1. The fourth-order valence-corrected chi connectivity index (χ4v) is 3.16. The number of nitrogens with zero attached hydrogens (tertiary/aromatic N) is 1. The Balaban J connectivity index is 1.75. The van der Waals surface area contributed by atoms with Crippen molar-refractivity contribution in [3.05, 3.63) is 35.9 Å². The van der Waals surface area contributed by atoms with E-state index in [4.69, 9.17) is 5.73 Å². The number of nitrogens with one attached hydrogen (secondary N) is 1. The van der Waals surface area contributed by atoms with Gasteiger partial charge in [-0.25, -0.2) is 0 Å². The molecule has 0 aromatic heterocycles. The number of carbonyl (C=O) groups is 1. The minimum absolute atomic E-state index is 0.0236. The molecule has 0 saturated carbocycles. The van der Waals surface area contributed by atoms with Crippen molar-refractivity contribution in [3.8, 4) is 0 Å². The van der Waals surface area contributed by atoms with Gasteiger partial charge in [-0.15, -0.1) is 0 Å². The molecule has 1 fully saturated rings. The van der Waals surface area contributed by atoms with Gasteiger partial charge >= 0.3 is 0 Å². The number of likely N-dealkylation sites (tertiary alicyclic amines) is 1. The Morgan fingerprint density at radius 1 is 1.33 bits per heavy atom. The third kappa shape index (κ3) is 5.89. The third-order valence-electron chi connectivity index (χ3n) is 4.92. The van der Waals surface area contributed by atoms with Crippen LogP contribution in [0.4, 0.5) is 0 Å². The van der Waals surface area contributed by atoms with Crippen LogP contribution >= 0.6 is 0 Å². The van der Waals surface area contributed by atoms with Crippen LogP contribution in [-0.2, 0) is 11.2 Å². The summed E-state index contributed by atoms with van der Waals surface area (Å²) in [7, 11) is 2.10. The Bertz CT molecular complexity index is 501. The Labute approximate surface area is 145 Å².